The maximum Gasteiger partial charge on any atom is 0.223 e. The Balaban J connectivity index is 1.15. The number of carbonyl (C=O) groups excluding carboxylic acids is 1. The number of fused-ring (bicyclic) bond motifs is 3. The van der Waals surface area contributed by atoms with E-state index in [1.807, 2.05) is 12.1 Å². The molecule has 0 radical (unpaired) electrons. The monoisotopic (exact) mass is 493 g/mol. The van der Waals surface area contributed by atoms with E-state index in [2.05, 4.69) is 43.5 Å². The molecule has 9 nitrogen and oxygen atoms in total. The number of hydrogen-bond donors (Lipinski definition) is 1. The van der Waals surface area contributed by atoms with Gasteiger partial charge >= 0.3 is 0 Å². The van der Waals surface area contributed by atoms with Crippen molar-refractivity contribution in [2.24, 2.45) is 5.92 Å². The highest BCUT2D eigenvalue weighted by atomic mass is 16.3. The predicted octanol–water partition coefficient (Wildman–Crippen LogP) is 3.78. The van der Waals surface area contributed by atoms with Crippen molar-refractivity contribution in [3.8, 4) is 0 Å². The van der Waals surface area contributed by atoms with E-state index in [4.69, 9.17) is 9.40 Å². The normalized spacial score (nSPS) is 17.8. The number of aryl methyl sites for hydroxylation is 2. The quantitative estimate of drug-likeness (QED) is 0.485. The van der Waals surface area contributed by atoms with Gasteiger partial charge in [-0.3, -0.25) is 9.69 Å². The Kier molecular flexibility index (Phi) is 7.84. The van der Waals surface area contributed by atoms with E-state index in [-0.39, 0.29) is 11.8 Å². The molecule has 9 heteroatoms. The average Bonchev–Trinajstić information content (AvgIpc) is 3.48. The second-order valence-corrected chi connectivity index (χ2v) is 10.2. The van der Waals surface area contributed by atoms with Gasteiger partial charge in [-0.05, 0) is 51.2 Å². The van der Waals surface area contributed by atoms with Crippen LogP contribution in [0.1, 0.15) is 64.0 Å². The molecule has 0 unspecified atom stereocenters. The number of hydrogen-bond acceptors (Lipinski definition) is 7. The Bertz CT molecular complexity index is 1130. The van der Waals surface area contributed by atoms with Gasteiger partial charge in [-0.25, -0.2) is 15.0 Å². The number of rotatable bonds is 9. The van der Waals surface area contributed by atoms with Crippen LogP contribution < -0.4 is 10.2 Å². The van der Waals surface area contributed by atoms with Gasteiger partial charge in [0.1, 0.15) is 17.9 Å². The summed E-state index contributed by atoms with van der Waals surface area (Å²) in [6.45, 7) is 9.25. The number of anilines is 1. The van der Waals surface area contributed by atoms with Crippen molar-refractivity contribution in [2.45, 2.75) is 77.9 Å². The minimum absolute atomic E-state index is 0.0411. The largest absolute Gasteiger partial charge is 0.468 e. The molecular weight excluding hydrogens is 454 g/mol. The predicted molar refractivity (Wildman–Crippen MR) is 140 cm³/mol. The maximum absolute atomic E-state index is 12.9. The van der Waals surface area contributed by atoms with E-state index < -0.39 is 0 Å². The van der Waals surface area contributed by atoms with Crippen LogP contribution in [-0.4, -0.2) is 62.5 Å². The number of aromatic nitrogens is 4. The first kappa shape index (κ1) is 24.7. The molecule has 3 aromatic heterocycles. The topological polar surface area (TPSA) is 92.3 Å². The SMILES string of the molecule is CC[C@H](C)N(CCNC(=O)C1CCN(c2ncnc3c2nc2n3CCCCC2)CC1)Cc1ccco1. The number of imidazole rings is 1. The Hall–Kier alpha value is -2.94. The van der Waals surface area contributed by atoms with Crippen molar-refractivity contribution in [1.82, 2.24) is 29.7 Å². The molecule has 1 amide bonds. The van der Waals surface area contributed by atoms with Crippen LogP contribution in [-0.2, 0) is 24.3 Å². The van der Waals surface area contributed by atoms with E-state index >= 15 is 0 Å². The zero-order valence-electron chi connectivity index (χ0n) is 21.7. The van der Waals surface area contributed by atoms with Crippen LogP contribution in [0, 0.1) is 5.92 Å². The zero-order valence-corrected chi connectivity index (χ0v) is 21.7. The minimum atomic E-state index is 0.0411. The molecule has 1 atom stereocenters. The van der Waals surface area contributed by atoms with E-state index in [0.717, 1.165) is 87.0 Å². The van der Waals surface area contributed by atoms with Crippen LogP contribution in [0.25, 0.3) is 11.2 Å². The lowest BCUT2D eigenvalue weighted by atomic mass is 9.96. The van der Waals surface area contributed by atoms with E-state index in [0.29, 0.717) is 12.6 Å². The van der Waals surface area contributed by atoms with E-state index in [1.165, 1.54) is 19.3 Å². The van der Waals surface area contributed by atoms with Gasteiger partial charge < -0.3 is 19.2 Å². The summed E-state index contributed by atoms with van der Waals surface area (Å²) in [6, 6.07) is 4.36. The van der Waals surface area contributed by atoms with Gasteiger partial charge in [-0.15, -0.1) is 0 Å². The van der Waals surface area contributed by atoms with Crippen molar-refractivity contribution in [1.29, 1.82) is 0 Å². The van der Waals surface area contributed by atoms with Gasteiger partial charge in [0.05, 0.1) is 12.8 Å². The van der Waals surface area contributed by atoms with Gasteiger partial charge in [-0.2, -0.15) is 0 Å². The number of nitrogens with one attached hydrogen (secondary N) is 1. The molecule has 2 aliphatic rings. The Labute approximate surface area is 213 Å². The van der Waals surface area contributed by atoms with Crippen LogP contribution in [0.5, 0.6) is 0 Å². The lowest BCUT2D eigenvalue weighted by molar-refractivity contribution is -0.125. The summed E-state index contributed by atoms with van der Waals surface area (Å²) in [5, 5.41) is 3.19. The summed E-state index contributed by atoms with van der Waals surface area (Å²) < 4.78 is 7.82. The first-order valence-electron chi connectivity index (χ1n) is 13.6. The van der Waals surface area contributed by atoms with Gasteiger partial charge in [-0.1, -0.05) is 13.3 Å². The molecule has 194 valence electrons. The Morgan fingerprint density at radius 3 is 2.86 bits per heavy atom. The fraction of sp³-hybridized carbons (Fsp3) is 0.630. The molecule has 1 fully saturated rings. The number of amides is 1. The first-order chi connectivity index (χ1) is 17.6. The summed E-state index contributed by atoms with van der Waals surface area (Å²) in [6.07, 6.45) is 10.7. The third-order valence-electron chi connectivity index (χ3n) is 7.89. The minimum Gasteiger partial charge on any atom is -0.468 e. The van der Waals surface area contributed by atoms with Crippen LogP contribution in [0.15, 0.2) is 29.1 Å². The lowest BCUT2D eigenvalue weighted by Crippen LogP contribution is -2.44. The zero-order chi connectivity index (χ0) is 24.9. The highest BCUT2D eigenvalue weighted by Gasteiger charge is 2.28. The molecule has 1 saturated heterocycles. The van der Waals surface area contributed by atoms with Crippen molar-refractivity contribution in [3.05, 3.63) is 36.3 Å². The smallest absolute Gasteiger partial charge is 0.223 e. The summed E-state index contributed by atoms with van der Waals surface area (Å²) in [7, 11) is 0. The summed E-state index contributed by atoms with van der Waals surface area (Å²) >= 11 is 0. The van der Waals surface area contributed by atoms with E-state index in [9.17, 15) is 4.79 Å². The highest BCUT2D eigenvalue weighted by Crippen LogP contribution is 2.29. The first-order valence-corrected chi connectivity index (χ1v) is 13.6. The number of carbonyl (C=O) groups is 1. The van der Waals surface area contributed by atoms with Crippen LogP contribution in [0.2, 0.25) is 0 Å². The molecule has 0 bridgehead atoms. The molecule has 2 aliphatic heterocycles. The molecule has 0 spiro atoms. The standard InChI is InChI=1S/C27H39N7O2/c1-3-20(2)33(18-22-8-7-17-36-22)16-12-28-27(35)21-10-14-32(15-11-21)25-24-26(30-19-29-25)34-13-6-4-5-9-23(34)31-24/h7-8,17,19-21H,3-6,9-16,18H2,1-2H3,(H,28,35)/t20-/m0/s1. The van der Waals surface area contributed by atoms with Crippen molar-refractivity contribution in [2.75, 3.05) is 31.1 Å². The maximum atomic E-state index is 12.9. The molecule has 5 heterocycles. The molecule has 0 aromatic carbocycles. The van der Waals surface area contributed by atoms with Gasteiger partial charge in [0.25, 0.3) is 0 Å². The number of piperidine rings is 1. The van der Waals surface area contributed by atoms with Crippen LogP contribution in [0.3, 0.4) is 0 Å². The fourth-order valence-corrected chi connectivity index (χ4v) is 5.49. The Morgan fingerprint density at radius 2 is 2.08 bits per heavy atom. The molecule has 5 rings (SSSR count). The van der Waals surface area contributed by atoms with Crippen molar-refractivity contribution in [3.63, 3.8) is 0 Å². The van der Waals surface area contributed by atoms with Gasteiger partial charge in [0, 0.05) is 51.1 Å². The summed E-state index contributed by atoms with van der Waals surface area (Å²) in [5.41, 5.74) is 1.87. The third-order valence-corrected chi connectivity index (χ3v) is 7.89. The highest BCUT2D eigenvalue weighted by molar-refractivity contribution is 5.84. The average molecular weight is 494 g/mol. The molecule has 0 aliphatic carbocycles. The molecule has 1 N–H and O–H groups in total. The number of nitrogens with zero attached hydrogens (tertiary/aromatic N) is 6. The van der Waals surface area contributed by atoms with E-state index in [1.54, 1.807) is 12.6 Å². The third kappa shape index (κ3) is 5.40. The van der Waals surface area contributed by atoms with Gasteiger partial charge in [0.15, 0.2) is 17.0 Å². The van der Waals surface area contributed by atoms with Crippen molar-refractivity contribution < 1.29 is 9.21 Å². The van der Waals surface area contributed by atoms with Crippen LogP contribution >= 0.6 is 0 Å². The molecule has 36 heavy (non-hydrogen) atoms. The van der Waals surface area contributed by atoms with Crippen LogP contribution in [0.4, 0.5) is 5.82 Å². The number of furan rings is 1. The van der Waals surface area contributed by atoms with Crippen molar-refractivity contribution >= 4 is 22.9 Å². The van der Waals surface area contributed by atoms with Gasteiger partial charge in [0.2, 0.25) is 5.91 Å². The molecule has 3 aromatic rings. The second-order valence-electron chi connectivity index (χ2n) is 10.2. The Morgan fingerprint density at radius 1 is 1.22 bits per heavy atom. The lowest BCUT2D eigenvalue weighted by Gasteiger charge is -2.32. The fourth-order valence-electron chi connectivity index (χ4n) is 5.49. The summed E-state index contributed by atoms with van der Waals surface area (Å²) in [4.78, 5) is 31.7. The second kappa shape index (κ2) is 11.4. The molecule has 0 saturated carbocycles. The summed E-state index contributed by atoms with van der Waals surface area (Å²) in [5.74, 6) is 3.22. The molecular formula is C27H39N7O2.